The van der Waals surface area contributed by atoms with Gasteiger partial charge >= 0.3 is 0 Å². The van der Waals surface area contributed by atoms with E-state index in [0.717, 1.165) is 37.1 Å². The van der Waals surface area contributed by atoms with Crippen molar-refractivity contribution in [1.82, 2.24) is 4.90 Å². The van der Waals surface area contributed by atoms with Gasteiger partial charge in [0.05, 0.1) is 13.2 Å². The lowest BCUT2D eigenvalue weighted by Gasteiger charge is -2.33. The van der Waals surface area contributed by atoms with Gasteiger partial charge in [-0.25, -0.2) is 0 Å². The van der Waals surface area contributed by atoms with Gasteiger partial charge in [0.2, 0.25) is 11.8 Å². The summed E-state index contributed by atoms with van der Waals surface area (Å²) in [4.78, 5) is 29.0. The largest absolute Gasteiger partial charge is 0.378 e. The van der Waals surface area contributed by atoms with Gasteiger partial charge in [0.25, 0.3) is 0 Å². The molecule has 1 saturated heterocycles. The molecule has 142 valence electrons. The quantitative estimate of drug-likeness (QED) is 0.896. The molecule has 6 nitrogen and oxygen atoms in total. The van der Waals surface area contributed by atoms with Crippen LogP contribution in [0.5, 0.6) is 0 Å². The Kier molecular flexibility index (Phi) is 6.14. The number of benzene rings is 1. The fourth-order valence-corrected chi connectivity index (χ4v) is 3.73. The van der Waals surface area contributed by atoms with Gasteiger partial charge in [0.15, 0.2) is 0 Å². The molecule has 0 atom stereocenters. The van der Waals surface area contributed by atoms with Crippen molar-refractivity contribution in [2.45, 2.75) is 25.7 Å². The maximum atomic E-state index is 12.6. The molecule has 0 radical (unpaired) electrons. The first-order chi connectivity index (χ1) is 12.5. The van der Waals surface area contributed by atoms with Crippen LogP contribution in [0.3, 0.4) is 0 Å². The number of rotatable bonds is 4. The van der Waals surface area contributed by atoms with Crippen LogP contribution in [-0.2, 0) is 14.3 Å². The number of amides is 2. The lowest BCUT2D eigenvalue weighted by Crippen LogP contribution is -2.44. The van der Waals surface area contributed by atoms with Crippen LogP contribution in [0.1, 0.15) is 25.7 Å². The van der Waals surface area contributed by atoms with E-state index in [-0.39, 0.29) is 23.7 Å². The smallest absolute Gasteiger partial charge is 0.227 e. The Bertz CT molecular complexity index is 616. The molecule has 2 aliphatic rings. The van der Waals surface area contributed by atoms with Crippen LogP contribution in [-0.4, -0.2) is 57.1 Å². The minimum Gasteiger partial charge on any atom is -0.378 e. The Labute approximate surface area is 155 Å². The second-order valence-electron chi connectivity index (χ2n) is 7.42. The van der Waals surface area contributed by atoms with Crippen molar-refractivity contribution < 1.29 is 14.3 Å². The molecule has 0 aromatic heterocycles. The third-order valence-corrected chi connectivity index (χ3v) is 5.42. The lowest BCUT2D eigenvalue weighted by atomic mass is 9.81. The van der Waals surface area contributed by atoms with E-state index in [1.807, 2.05) is 48.2 Å². The van der Waals surface area contributed by atoms with Crippen molar-refractivity contribution >= 4 is 23.2 Å². The summed E-state index contributed by atoms with van der Waals surface area (Å²) in [5, 5.41) is 3.02. The molecule has 1 aliphatic heterocycles. The molecule has 0 spiro atoms. The third-order valence-electron chi connectivity index (χ3n) is 5.42. The van der Waals surface area contributed by atoms with Crippen LogP contribution in [0.4, 0.5) is 11.4 Å². The number of anilines is 2. The molecule has 1 aromatic rings. The minimum atomic E-state index is -0.00253. The van der Waals surface area contributed by atoms with E-state index >= 15 is 0 Å². The van der Waals surface area contributed by atoms with Crippen molar-refractivity contribution in [2.75, 3.05) is 50.6 Å². The molecule has 1 heterocycles. The maximum absolute atomic E-state index is 12.6. The van der Waals surface area contributed by atoms with Gasteiger partial charge in [0.1, 0.15) is 0 Å². The standard InChI is InChI=1S/C20H29N3O3/c1-22(2)18-9-7-17(8-10-18)21-19(24)15-3-5-16(6-4-15)20(25)23-11-13-26-14-12-23/h7-10,15-16H,3-6,11-14H2,1-2H3,(H,21,24). The van der Waals surface area contributed by atoms with Crippen molar-refractivity contribution in [3.8, 4) is 0 Å². The maximum Gasteiger partial charge on any atom is 0.227 e. The summed E-state index contributed by atoms with van der Waals surface area (Å²) in [7, 11) is 3.98. The Hall–Kier alpha value is -2.08. The summed E-state index contributed by atoms with van der Waals surface area (Å²) in [5.41, 5.74) is 1.93. The zero-order valence-electron chi connectivity index (χ0n) is 15.7. The summed E-state index contributed by atoms with van der Waals surface area (Å²) in [6.45, 7) is 2.66. The van der Waals surface area contributed by atoms with E-state index in [1.165, 1.54) is 0 Å². The molecule has 6 heteroatoms. The van der Waals surface area contributed by atoms with Crippen molar-refractivity contribution in [3.05, 3.63) is 24.3 Å². The SMILES string of the molecule is CN(C)c1ccc(NC(=O)C2CCC(C(=O)N3CCOCC3)CC2)cc1. The minimum absolute atomic E-state index is 0.00253. The number of nitrogens with one attached hydrogen (secondary N) is 1. The normalized spacial score (nSPS) is 23.4. The number of carbonyl (C=O) groups is 2. The summed E-state index contributed by atoms with van der Waals surface area (Å²) in [6.07, 6.45) is 3.16. The fraction of sp³-hybridized carbons (Fsp3) is 0.600. The Morgan fingerprint density at radius 2 is 1.58 bits per heavy atom. The van der Waals surface area contributed by atoms with E-state index in [2.05, 4.69) is 5.32 Å². The number of hydrogen-bond donors (Lipinski definition) is 1. The second kappa shape index (κ2) is 8.54. The Balaban J connectivity index is 1.48. The number of nitrogens with zero attached hydrogens (tertiary/aromatic N) is 2. The first kappa shape index (κ1) is 18.7. The monoisotopic (exact) mass is 359 g/mol. The molecule has 2 fully saturated rings. The summed E-state index contributed by atoms with van der Waals surface area (Å²) < 4.78 is 5.31. The molecule has 2 amide bonds. The third kappa shape index (κ3) is 4.55. The van der Waals surface area contributed by atoms with E-state index in [1.54, 1.807) is 0 Å². The molecular formula is C20H29N3O3. The van der Waals surface area contributed by atoms with Crippen molar-refractivity contribution in [1.29, 1.82) is 0 Å². The zero-order valence-corrected chi connectivity index (χ0v) is 15.7. The highest BCUT2D eigenvalue weighted by Gasteiger charge is 2.32. The van der Waals surface area contributed by atoms with Crippen LogP contribution < -0.4 is 10.2 Å². The average Bonchev–Trinajstić information content (AvgIpc) is 2.68. The van der Waals surface area contributed by atoms with Gasteiger partial charge in [-0.15, -0.1) is 0 Å². The van der Waals surface area contributed by atoms with Gasteiger partial charge in [-0.2, -0.15) is 0 Å². The van der Waals surface area contributed by atoms with E-state index in [0.29, 0.717) is 26.3 Å². The first-order valence-corrected chi connectivity index (χ1v) is 9.49. The molecule has 0 unspecified atom stereocenters. The van der Waals surface area contributed by atoms with Crippen LogP contribution in [0.2, 0.25) is 0 Å². The summed E-state index contributed by atoms with van der Waals surface area (Å²) in [5.74, 6) is 0.375. The molecule has 3 rings (SSSR count). The second-order valence-corrected chi connectivity index (χ2v) is 7.42. The Morgan fingerprint density at radius 3 is 2.15 bits per heavy atom. The zero-order chi connectivity index (χ0) is 18.5. The molecule has 1 aliphatic carbocycles. The molecule has 0 bridgehead atoms. The van der Waals surface area contributed by atoms with E-state index < -0.39 is 0 Å². The predicted molar refractivity (Wildman–Crippen MR) is 102 cm³/mol. The molecule has 1 saturated carbocycles. The van der Waals surface area contributed by atoms with E-state index in [4.69, 9.17) is 4.74 Å². The molecule has 1 aromatic carbocycles. The highest BCUT2D eigenvalue weighted by molar-refractivity contribution is 5.93. The summed E-state index contributed by atoms with van der Waals surface area (Å²) >= 11 is 0. The first-order valence-electron chi connectivity index (χ1n) is 9.49. The van der Waals surface area contributed by atoms with Gasteiger partial charge < -0.3 is 19.9 Å². The summed E-state index contributed by atoms with van der Waals surface area (Å²) in [6, 6.07) is 7.85. The predicted octanol–water partition coefficient (Wildman–Crippen LogP) is 2.36. The highest BCUT2D eigenvalue weighted by atomic mass is 16.5. The number of hydrogen-bond acceptors (Lipinski definition) is 4. The number of carbonyl (C=O) groups excluding carboxylic acids is 2. The highest BCUT2D eigenvalue weighted by Crippen LogP contribution is 2.31. The van der Waals surface area contributed by atoms with Gasteiger partial charge in [0, 0.05) is 50.4 Å². The van der Waals surface area contributed by atoms with Crippen LogP contribution in [0, 0.1) is 11.8 Å². The van der Waals surface area contributed by atoms with Crippen LogP contribution in [0.15, 0.2) is 24.3 Å². The van der Waals surface area contributed by atoms with Gasteiger partial charge in [-0.1, -0.05) is 0 Å². The molecule has 1 N–H and O–H groups in total. The average molecular weight is 359 g/mol. The van der Waals surface area contributed by atoms with E-state index in [9.17, 15) is 9.59 Å². The van der Waals surface area contributed by atoms with Crippen molar-refractivity contribution in [2.24, 2.45) is 11.8 Å². The molecular weight excluding hydrogens is 330 g/mol. The lowest BCUT2D eigenvalue weighted by molar-refractivity contribution is -0.141. The van der Waals surface area contributed by atoms with Gasteiger partial charge in [-0.05, 0) is 49.9 Å². The molecule has 26 heavy (non-hydrogen) atoms. The number of ether oxygens (including phenoxy) is 1. The number of morpholine rings is 1. The van der Waals surface area contributed by atoms with Crippen molar-refractivity contribution in [3.63, 3.8) is 0 Å². The topological polar surface area (TPSA) is 61.9 Å². The van der Waals surface area contributed by atoms with Gasteiger partial charge in [-0.3, -0.25) is 9.59 Å². The van der Waals surface area contributed by atoms with Crippen LogP contribution in [0.25, 0.3) is 0 Å². The fourth-order valence-electron chi connectivity index (χ4n) is 3.73. The Morgan fingerprint density at radius 1 is 1.00 bits per heavy atom. The van der Waals surface area contributed by atoms with Crippen LogP contribution >= 0.6 is 0 Å².